The van der Waals surface area contributed by atoms with Crippen LogP contribution >= 0.6 is 0 Å². The molecule has 7 heteroatoms. The molecule has 142 valence electrons. The summed E-state index contributed by atoms with van der Waals surface area (Å²) in [5.74, 6) is 0.156. The molecule has 0 aliphatic carbocycles. The number of rotatable bonds is 5. The summed E-state index contributed by atoms with van der Waals surface area (Å²) in [5.41, 5.74) is 1.82. The Hall–Kier alpha value is -3.32. The molecule has 0 saturated heterocycles. The Kier molecular flexibility index (Phi) is 4.31. The third-order valence-corrected chi connectivity index (χ3v) is 5.86. The van der Waals surface area contributed by atoms with Crippen molar-refractivity contribution in [2.24, 2.45) is 0 Å². The summed E-state index contributed by atoms with van der Waals surface area (Å²) in [6.07, 6.45) is 0. The smallest absolute Gasteiger partial charge is 0.262 e. The lowest BCUT2D eigenvalue weighted by Gasteiger charge is -2.12. The Balaban J connectivity index is 1.81. The van der Waals surface area contributed by atoms with Crippen LogP contribution in [-0.2, 0) is 10.0 Å². The van der Waals surface area contributed by atoms with E-state index in [1.165, 1.54) is 32.2 Å². The number of benzene rings is 3. The molecule has 4 rings (SSSR count). The lowest BCUT2D eigenvalue weighted by molar-refractivity contribution is 0.101. The monoisotopic (exact) mass is 395 g/mol. The van der Waals surface area contributed by atoms with Crippen LogP contribution < -0.4 is 9.46 Å². The molecule has 0 spiro atoms. The number of ether oxygens (including phenoxy) is 1. The molecule has 0 aliphatic rings. The minimum absolute atomic E-state index is 0.00745. The van der Waals surface area contributed by atoms with Gasteiger partial charge in [0.15, 0.2) is 5.78 Å². The molecular formula is C21H17NO5S. The van der Waals surface area contributed by atoms with E-state index in [4.69, 9.17) is 9.15 Å². The topological polar surface area (TPSA) is 85.6 Å². The van der Waals surface area contributed by atoms with Gasteiger partial charge in [-0.3, -0.25) is 9.52 Å². The number of methoxy groups -OCH3 is 1. The van der Waals surface area contributed by atoms with E-state index in [1.807, 2.05) is 24.3 Å². The van der Waals surface area contributed by atoms with Crippen LogP contribution in [0.2, 0.25) is 0 Å². The molecule has 0 aliphatic heterocycles. The van der Waals surface area contributed by atoms with Crippen LogP contribution in [0.25, 0.3) is 21.9 Å². The van der Waals surface area contributed by atoms with Gasteiger partial charge in [-0.2, -0.15) is 0 Å². The number of hydrogen-bond donors (Lipinski definition) is 1. The predicted octanol–water partition coefficient (Wildman–Crippen LogP) is 4.60. The average Bonchev–Trinajstić information content (AvgIpc) is 3.04. The van der Waals surface area contributed by atoms with Crippen molar-refractivity contribution < 1.29 is 22.4 Å². The molecule has 1 N–H and O–H groups in total. The van der Waals surface area contributed by atoms with Gasteiger partial charge in [0.05, 0.1) is 17.7 Å². The van der Waals surface area contributed by atoms with Gasteiger partial charge < -0.3 is 9.15 Å². The highest BCUT2D eigenvalue weighted by Gasteiger charge is 2.20. The molecule has 3 aromatic carbocycles. The van der Waals surface area contributed by atoms with Gasteiger partial charge in [-0.25, -0.2) is 8.42 Å². The van der Waals surface area contributed by atoms with Gasteiger partial charge in [-0.15, -0.1) is 0 Å². The summed E-state index contributed by atoms with van der Waals surface area (Å²) < 4.78 is 39.4. The van der Waals surface area contributed by atoms with Crippen molar-refractivity contribution in [1.29, 1.82) is 0 Å². The first kappa shape index (κ1) is 18.1. The Bertz CT molecular complexity index is 1320. The minimum Gasteiger partial charge on any atom is -0.495 e. The van der Waals surface area contributed by atoms with Gasteiger partial charge in [0.2, 0.25) is 0 Å². The number of sulfonamides is 1. The fourth-order valence-corrected chi connectivity index (χ4v) is 4.19. The fourth-order valence-electron chi connectivity index (χ4n) is 3.09. The number of ketones is 1. The van der Waals surface area contributed by atoms with E-state index < -0.39 is 10.0 Å². The Morgan fingerprint density at radius 2 is 1.75 bits per heavy atom. The van der Waals surface area contributed by atoms with Gasteiger partial charge >= 0.3 is 0 Å². The normalized spacial score (nSPS) is 11.6. The van der Waals surface area contributed by atoms with E-state index in [-0.39, 0.29) is 16.4 Å². The van der Waals surface area contributed by atoms with E-state index in [2.05, 4.69) is 4.72 Å². The molecular weight excluding hydrogens is 378 g/mol. The Morgan fingerprint density at radius 3 is 2.50 bits per heavy atom. The fraction of sp³-hybridized carbons (Fsp3) is 0.0952. The number of hydrogen-bond acceptors (Lipinski definition) is 5. The lowest BCUT2D eigenvalue weighted by atomic mass is 10.1. The highest BCUT2D eigenvalue weighted by Crippen LogP contribution is 2.37. The Labute approximate surface area is 161 Å². The second-order valence-corrected chi connectivity index (χ2v) is 8.02. The van der Waals surface area contributed by atoms with Crippen LogP contribution in [0.5, 0.6) is 5.75 Å². The van der Waals surface area contributed by atoms with Crippen molar-refractivity contribution in [3.63, 3.8) is 0 Å². The summed E-state index contributed by atoms with van der Waals surface area (Å²) in [6, 6.07) is 16.8. The van der Waals surface area contributed by atoms with Crippen molar-refractivity contribution in [3.05, 3.63) is 66.2 Å². The molecule has 28 heavy (non-hydrogen) atoms. The van der Waals surface area contributed by atoms with Crippen molar-refractivity contribution in [2.45, 2.75) is 11.8 Å². The maximum absolute atomic E-state index is 12.8. The number of nitrogens with one attached hydrogen (secondary N) is 1. The number of carbonyl (C=O) groups excluding carboxylic acids is 1. The third-order valence-electron chi connectivity index (χ3n) is 4.49. The van der Waals surface area contributed by atoms with Crippen molar-refractivity contribution in [3.8, 4) is 5.75 Å². The van der Waals surface area contributed by atoms with Crippen LogP contribution in [-0.4, -0.2) is 21.3 Å². The summed E-state index contributed by atoms with van der Waals surface area (Å²) >= 11 is 0. The van der Waals surface area contributed by atoms with E-state index in [0.717, 1.165) is 10.8 Å². The maximum atomic E-state index is 12.8. The number of Topliss-reactive ketones (excluding diaryl/α,β-unsaturated/α-hetero) is 1. The van der Waals surface area contributed by atoms with Crippen LogP contribution in [0.3, 0.4) is 0 Å². The van der Waals surface area contributed by atoms with Gasteiger partial charge in [-0.1, -0.05) is 30.3 Å². The summed E-state index contributed by atoms with van der Waals surface area (Å²) in [6.45, 7) is 1.39. The first-order chi connectivity index (χ1) is 13.4. The first-order valence-corrected chi connectivity index (χ1v) is 10.0. The number of carbonyl (C=O) groups is 1. The summed E-state index contributed by atoms with van der Waals surface area (Å²) in [4.78, 5) is 11.6. The molecule has 0 bridgehead atoms. The molecule has 0 unspecified atom stereocenters. The van der Waals surface area contributed by atoms with Gasteiger partial charge in [-0.05, 0) is 31.2 Å². The Morgan fingerprint density at radius 1 is 0.964 bits per heavy atom. The molecule has 0 atom stereocenters. The number of para-hydroxylation sites is 1. The summed E-state index contributed by atoms with van der Waals surface area (Å²) in [5, 5.41) is 1.74. The lowest BCUT2D eigenvalue weighted by Crippen LogP contribution is -2.14. The zero-order chi connectivity index (χ0) is 19.9. The molecule has 1 aromatic heterocycles. The van der Waals surface area contributed by atoms with Crippen molar-refractivity contribution in [1.82, 2.24) is 0 Å². The maximum Gasteiger partial charge on any atom is 0.262 e. The summed E-state index contributed by atoms with van der Waals surface area (Å²) in [7, 11) is -2.45. The van der Waals surface area contributed by atoms with E-state index in [9.17, 15) is 13.2 Å². The van der Waals surface area contributed by atoms with Crippen molar-refractivity contribution in [2.75, 3.05) is 11.8 Å². The molecule has 4 aromatic rings. The molecule has 6 nitrogen and oxygen atoms in total. The molecule has 0 amide bonds. The average molecular weight is 395 g/mol. The van der Waals surface area contributed by atoms with Crippen LogP contribution in [0, 0.1) is 0 Å². The molecule has 0 fully saturated rings. The third kappa shape index (κ3) is 3.10. The molecule has 0 radical (unpaired) electrons. The zero-order valence-electron chi connectivity index (χ0n) is 15.2. The van der Waals surface area contributed by atoms with Gasteiger partial charge in [0, 0.05) is 22.4 Å². The second-order valence-electron chi connectivity index (χ2n) is 6.34. The predicted molar refractivity (Wildman–Crippen MR) is 108 cm³/mol. The molecule has 1 heterocycles. The SMILES string of the molecule is COc1cc2c(cc1NS(=O)(=O)c1cccc(C(C)=O)c1)oc1ccccc12. The highest BCUT2D eigenvalue weighted by molar-refractivity contribution is 7.92. The van der Waals surface area contributed by atoms with Crippen LogP contribution in [0.4, 0.5) is 5.69 Å². The van der Waals surface area contributed by atoms with Crippen molar-refractivity contribution >= 4 is 43.4 Å². The zero-order valence-corrected chi connectivity index (χ0v) is 16.0. The largest absolute Gasteiger partial charge is 0.495 e. The number of fused-ring (bicyclic) bond motifs is 3. The quantitative estimate of drug-likeness (QED) is 0.499. The standard InChI is InChI=1S/C21H17NO5S/c1-13(23)14-6-5-7-15(10-14)28(24,25)22-18-12-20-17(11-21(18)26-2)16-8-3-4-9-19(16)27-20/h3-12,22H,1-2H3. The van der Waals surface area contributed by atoms with Crippen LogP contribution in [0.15, 0.2) is 70.0 Å². The highest BCUT2D eigenvalue weighted by atomic mass is 32.2. The van der Waals surface area contributed by atoms with E-state index >= 15 is 0 Å². The van der Waals surface area contributed by atoms with Gasteiger partial charge in [0.1, 0.15) is 16.9 Å². The second kappa shape index (κ2) is 6.69. The molecule has 0 saturated carbocycles. The minimum atomic E-state index is -3.92. The number of furan rings is 1. The first-order valence-electron chi connectivity index (χ1n) is 8.52. The van der Waals surface area contributed by atoms with Crippen LogP contribution in [0.1, 0.15) is 17.3 Å². The van der Waals surface area contributed by atoms with E-state index in [1.54, 1.807) is 18.2 Å². The van der Waals surface area contributed by atoms with Gasteiger partial charge in [0.25, 0.3) is 10.0 Å². The number of anilines is 1. The van der Waals surface area contributed by atoms with E-state index in [0.29, 0.717) is 22.5 Å².